The molecule has 5 aromatic rings. The summed E-state index contributed by atoms with van der Waals surface area (Å²) >= 11 is 0. The van der Waals surface area contributed by atoms with E-state index < -0.39 is 0 Å². The molecule has 0 nitrogen and oxygen atoms in total. The van der Waals surface area contributed by atoms with Crippen LogP contribution in [-0.4, -0.2) is 0 Å². The molecule has 144 valence electrons. The number of hydrogen-bond acceptors (Lipinski definition) is 0. The Morgan fingerprint density at radius 3 is 1.63 bits per heavy atom. The van der Waals surface area contributed by atoms with E-state index in [0.29, 0.717) is 0 Å². The standard InChI is InChI=1S/C30H24/c1-21-11-15-23(16-12-21)30(24-17-13-22(2)14-18-24)20-26-19-25-7-3-4-8-27(25)29-10-6-5-9-28(26)29/h3-20H,1-2H3. The number of fused-ring (bicyclic) bond motifs is 3. The molecule has 0 spiro atoms. The third-order valence-corrected chi connectivity index (χ3v) is 5.83. The maximum atomic E-state index is 2.35. The molecule has 0 amide bonds. The van der Waals surface area contributed by atoms with E-state index in [2.05, 4.69) is 123 Å². The molecule has 0 heteroatoms. The maximum Gasteiger partial charge on any atom is -0.00994 e. The highest BCUT2D eigenvalue weighted by molar-refractivity contribution is 6.12. The van der Waals surface area contributed by atoms with Crippen LogP contribution in [0.2, 0.25) is 0 Å². The van der Waals surface area contributed by atoms with Gasteiger partial charge in [-0.2, -0.15) is 0 Å². The van der Waals surface area contributed by atoms with E-state index in [9.17, 15) is 0 Å². The van der Waals surface area contributed by atoms with Gasteiger partial charge in [0.2, 0.25) is 0 Å². The Morgan fingerprint density at radius 2 is 1.03 bits per heavy atom. The fraction of sp³-hybridized carbons (Fsp3) is 0.0667. The first-order valence-electron chi connectivity index (χ1n) is 10.5. The van der Waals surface area contributed by atoms with Crippen LogP contribution in [0, 0.1) is 13.8 Å². The minimum absolute atomic E-state index is 1.24. The molecule has 5 rings (SSSR count). The van der Waals surface area contributed by atoms with Crippen LogP contribution in [0.25, 0.3) is 33.2 Å². The predicted octanol–water partition coefficient (Wildman–Crippen LogP) is 8.20. The van der Waals surface area contributed by atoms with Crippen molar-refractivity contribution in [2.45, 2.75) is 13.8 Å². The largest absolute Gasteiger partial charge is 0.0616 e. The van der Waals surface area contributed by atoms with E-state index in [-0.39, 0.29) is 0 Å². The van der Waals surface area contributed by atoms with Gasteiger partial charge in [-0.05, 0) is 69.8 Å². The van der Waals surface area contributed by atoms with Crippen molar-refractivity contribution in [3.05, 3.63) is 131 Å². The molecule has 0 unspecified atom stereocenters. The van der Waals surface area contributed by atoms with Gasteiger partial charge in [-0.15, -0.1) is 0 Å². The molecule has 0 heterocycles. The highest BCUT2D eigenvalue weighted by Crippen LogP contribution is 2.33. The van der Waals surface area contributed by atoms with Crippen molar-refractivity contribution in [1.29, 1.82) is 0 Å². The lowest BCUT2D eigenvalue weighted by Crippen LogP contribution is -1.90. The van der Waals surface area contributed by atoms with Crippen molar-refractivity contribution < 1.29 is 0 Å². The quantitative estimate of drug-likeness (QED) is 0.217. The van der Waals surface area contributed by atoms with Crippen molar-refractivity contribution in [3.8, 4) is 0 Å². The smallest absolute Gasteiger partial charge is 0.00994 e. The lowest BCUT2D eigenvalue weighted by molar-refractivity contribution is 1.43. The van der Waals surface area contributed by atoms with E-state index in [4.69, 9.17) is 0 Å². The van der Waals surface area contributed by atoms with Crippen LogP contribution in [0.4, 0.5) is 0 Å². The minimum atomic E-state index is 1.24. The van der Waals surface area contributed by atoms with Crippen LogP contribution in [0.3, 0.4) is 0 Å². The maximum absolute atomic E-state index is 2.35. The van der Waals surface area contributed by atoms with E-state index in [1.165, 1.54) is 54.9 Å². The third-order valence-electron chi connectivity index (χ3n) is 5.83. The summed E-state index contributed by atoms with van der Waals surface area (Å²) in [6.07, 6.45) is 2.35. The van der Waals surface area contributed by atoms with Gasteiger partial charge >= 0.3 is 0 Å². The summed E-state index contributed by atoms with van der Waals surface area (Å²) in [7, 11) is 0. The molecule has 0 aromatic heterocycles. The molecular formula is C30H24. The van der Waals surface area contributed by atoms with Crippen molar-refractivity contribution in [2.75, 3.05) is 0 Å². The van der Waals surface area contributed by atoms with Gasteiger partial charge in [-0.1, -0.05) is 108 Å². The third kappa shape index (κ3) is 3.42. The molecule has 5 aromatic carbocycles. The van der Waals surface area contributed by atoms with E-state index in [0.717, 1.165) is 0 Å². The predicted molar refractivity (Wildman–Crippen MR) is 131 cm³/mol. The van der Waals surface area contributed by atoms with E-state index >= 15 is 0 Å². The summed E-state index contributed by atoms with van der Waals surface area (Å²) in [4.78, 5) is 0. The molecule has 0 fully saturated rings. The van der Waals surface area contributed by atoms with Gasteiger partial charge in [-0.25, -0.2) is 0 Å². The second-order valence-corrected chi connectivity index (χ2v) is 8.02. The number of aryl methyl sites for hydroxylation is 2. The van der Waals surface area contributed by atoms with Crippen LogP contribution in [-0.2, 0) is 0 Å². The number of rotatable bonds is 3. The second-order valence-electron chi connectivity index (χ2n) is 8.02. The first-order valence-corrected chi connectivity index (χ1v) is 10.5. The molecule has 0 atom stereocenters. The summed E-state index contributed by atoms with van der Waals surface area (Å²) < 4.78 is 0. The summed E-state index contributed by atoms with van der Waals surface area (Å²) in [5, 5.41) is 5.16. The average molecular weight is 385 g/mol. The second kappa shape index (κ2) is 7.65. The zero-order valence-corrected chi connectivity index (χ0v) is 17.4. The Bertz CT molecular complexity index is 1320. The normalized spacial score (nSPS) is 11.0. The molecule has 0 aliphatic heterocycles. The fourth-order valence-corrected chi connectivity index (χ4v) is 4.16. The molecule has 0 radical (unpaired) electrons. The van der Waals surface area contributed by atoms with E-state index in [1.807, 2.05) is 0 Å². The molecule has 0 N–H and O–H groups in total. The molecule has 30 heavy (non-hydrogen) atoms. The van der Waals surface area contributed by atoms with Crippen LogP contribution in [0.5, 0.6) is 0 Å². The summed E-state index contributed by atoms with van der Waals surface area (Å²) in [5.41, 5.74) is 7.52. The number of benzene rings is 5. The van der Waals surface area contributed by atoms with Crippen LogP contribution >= 0.6 is 0 Å². The van der Waals surface area contributed by atoms with Gasteiger partial charge in [0.25, 0.3) is 0 Å². The van der Waals surface area contributed by atoms with Crippen molar-refractivity contribution >= 4 is 33.2 Å². The van der Waals surface area contributed by atoms with Crippen LogP contribution < -0.4 is 0 Å². The van der Waals surface area contributed by atoms with Crippen LogP contribution in [0.1, 0.15) is 27.8 Å². The van der Waals surface area contributed by atoms with Gasteiger partial charge in [0.1, 0.15) is 0 Å². The SMILES string of the molecule is Cc1ccc(C(=Cc2cc3ccccc3c3ccccc23)c2ccc(C)cc2)cc1. The van der Waals surface area contributed by atoms with E-state index in [1.54, 1.807) is 0 Å². The van der Waals surface area contributed by atoms with Crippen LogP contribution in [0.15, 0.2) is 103 Å². The number of hydrogen-bond donors (Lipinski definition) is 0. The van der Waals surface area contributed by atoms with Gasteiger partial charge in [0, 0.05) is 0 Å². The van der Waals surface area contributed by atoms with Crippen molar-refractivity contribution in [3.63, 3.8) is 0 Å². The summed E-state index contributed by atoms with van der Waals surface area (Å²) in [5.74, 6) is 0. The lowest BCUT2D eigenvalue weighted by Gasteiger charge is -2.13. The van der Waals surface area contributed by atoms with Gasteiger partial charge in [0.15, 0.2) is 0 Å². The van der Waals surface area contributed by atoms with Crippen molar-refractivity contribution in [1.82, 2.24) is 0 Å². The Hall–Kier alpha value is -3.64. The van der Waals surface area contributed by atoms with Gasteiger partial charge in [0.05, 0.1) is 0 Å². The first kappa shape index (κ1) is 18.4. The molecule has 0 bridgehead atoms. The average Bonchev–Trinajstić information content (AvgIpc) is 2.79. The van der Waals surface area contributed by atoms with Gasteiger partial charge < -0.3 is 0 Å². The Morgan fingerprint density at radius 1 is 0.533 bits per heavy atom. The molecule has 0 saturated heterocycles. The monoisotopic (exact) mass is 384 g/mol. The first-order chi connectivity index (χ1) is 14.7. The molecule has 0 aliphatic carbocycles. The highest BCUT2D eigenvalue weighted by atomic mass is 14.1. The minimum Gasteiger partial charge on any atom is -0.0616 e. The topological polar surface area (TPSA) is 0 Å². The van der Waals surface area contributed by atoms with Crippen molar-refractivity contribution in [2.24, 2.45) is 0 Å². The Labute approximate surface area is 178 Å². The van der Waals surface area contributed by atoms with Gasteiger partial charge in [-0.3, -0.25) is 0 Å². The summed E-state index contributed by atoms with van der Waals surface area (Å²) in [6, 6.07) is 37.4. The Balaban J connectivity index is 1.80. The summed E-state index contributed by atoms with van der Waals surface area (Å²) in [6.45, 7) is 4.27. The highest BCUT2D eigenvalue weighted by Gasteiger charge is 2.09. The zero-order valence-electron chi connectivity index (χ0n) is 17.4. The lowest BCUT2D eigenvalue weighted by atomic mass is 9.91. The zero-order chi connectivity index (χ0) is 20.5. The molecule has 0 saturated carbocycles. The Kier molecular flexibility index (Phi) is 4.69. The molecule has 0 aliphatic rings. The molecular weight excluding hydrogens is 360 g/mol. The fourth-order valence-electron chi connectivity index (χ4n) is 4.16.